The van der Waals surface area contributed by atoms with Gasteiger partial charge >= 0.3 is 0 Å². The average Bonchev–Trinajstić information content (AvgIpc) is 3.29. The summed E-state index contributed by atoms with van der Waals surface area (Å²) in [4.78, 5) is 21.5. The summed E-state index contributed by atoms with van der Waals surface area (Å²) in [6, 6.07) is 22.7. The van der Waals surface area contributed by atoms with Crippen molar-refractivity contribution < 1.29 is 4.79 Å². The number of carbonyl (C=O) groups excluding carboxylic acids is 1. The Labute approximate surface area is 200 Å². The maximum absolute atomic E-state index is 12.6. The molecule has 0 unspecified atom stereocenters. The summed E-state index contributed by atoms with van der Waals surface area (Å²) in [6.07, 6.45) is 0. The van der Waals surface area contributed by atoms with E-state index in [9.17, 15) is 4.79 Å². The molecule has 0 saturated heterocycles. The van der Waals surface area contributed by atoms with Crippen molar-refractivity contribution in [2.24, 2.45) is 0 Å². The molecule has 0 spiro atoms. The van der Waals surface area contributed by atoms with E-state index in [-0.39, 0.29) is 5.91 Å². The number of rotatable bonds is 6. The number of aryl methyl sites for hydroxylation is 2. The summed E-state index contributed by atoms with van der Waals surface area (Å²) >= 11 is 1.13. The van der Waals surface area contributed by atoms with Gasteiger partial charge in [-0.3, -0.25) is 4.79 Å². The van der Waals surface area contributed by atoms with E-state index in [1.54, 1.807) is 18.2 Å². The molecule has 5 aromatic rings. The molecule has 0 aliphatic heterocycles. The number of nitrogens with zero attached hydrogens (tertiary/aromatic N) is 4. The minimum Gasteiger partial charge on any atom is -0.340 e. The average molecular weight is 468 g/mol. The van der Waals surface area contributed by atoms with Crippen LogP contribution in [0, 0.1) is 13.8 Å². The first-order valence-electron chi connectivity index (χ1n) is 10.6. The molecular formula is C25H21N7OS. The number of hydrogen-bond acceptors (Lipinski definition) is 8. The Hall–Kier alpha value is -4.37. The molecule has 8 nitrogen and oxygen atoms in total. The Morgan fingerprint density at radius 2 is 1.29 bits per heavy atom. The largest absolute Gasteiger partial charge is 0.340 e. The van der Waals surface area contributed by atoms with Gasteiger partial charge in [0.15, 0.2) is 0 Å². The predicted octanol–water partition coefficient (Wildman–Crippen LogP) is 5.84. The fourth-order valence-corrected chi connectivity index (χ4v) is 3.91. The van der Waals surface area contributed by atoms with Crippen LogP contribution in [-0.2, 0) is 0 Å². The van der Waals surface area contributed by atoms with Gasteiger partial charge in [-0.2, -0.15) is 8.75 Å². The van der Waals surface area contributed by atoms with E-state index in [0.717, 1.165) is 28.6 Å². The number of anilines is 5. The maximum atomic E-state index is 12.6. The third-order valence-corrected chi connectivity index (χ3v) is 5.65. The number of hydrogen-bond donors (Lipinski definition) is 3. The molecule has 168 valence electrons. The first kappa shape index (κ1) is 21.5. The zero-order chi connectivity index (χ0) is 23.5. The van der Waals surface area contributed by atoms with Crippen LogP contribution in [0.3, 0.4) is 0 Å². The maximum Gasteiger partial charge on any atom is 0.255 e. The third kappa shape index (κ3) is 5.00. The molecule has 0 saturated carbocycles. The topological polar surface area (TPSA) is 105 Å². The summed E-state index contributed by atoms with van der Waals surface area (Å²) in [7, 11) is 0. The molecular weight excluding hydrogens is 446 g/mol. The molecule has 0 aliphatic rings. The van der Waals surface area contributed by atoms with E-state index in [1.165, 1.54) is 5.56 Å². The van der Waals surface area contributed by atoms with Crippen LogP contribution in [0.1, 0.15) is 21.7 Å². The Morgan fingerprint density at radius 1 is 0.706 bits per heavy atom. The third-order valence-electron chi connectivity index (χ3n) is 5.09. The van der Waals surface area contributed by atoms with Crippen molar-refractivity contribution in [2.45, 2.75) is 13.8 Å². The summed E-state index contributed by atoms with van der Waals surface area (Å²) in [5.74, 6) is 1.82. The normalized spacial score (nSPS) is 10.8. The number of benzene rings is 3. The fraction of sp³-hybridized carbons (Fsp3) is 0.0800. The minimum atomic E-state index is -0.200. The lowest BCUT2D eigenvalue weighted by atomic mass is 10.2. The summed E-state index contributed by atoms with van der Waals surface area (Å²) < 4.78 is 8.35. The molecule has 0 radical (unpaired) electrons. The second-order valence-corrected chi connectivity index (χ2v) is 8.33. The van der Waals surface area contributed by atoms with Crippen LogP contribution in [-0.4, -0.2) is 24.6 Å². The van der Waals surface area contributed by atoms with Crippen molar-refractivity contribution in [3.05, 3.63) is 89.7 Å². The quantitative estimate of drug-likeness (QED) is 0.288. The van der Waals surface area contributed by atoms with Crippen molar-refractivity contribution in [3.8, 4) is 0 Å². The predicted molar refractivity (Wildman–Crippen MR) is 136 cm³/mol. The van der Waals surface area contributed by atoms with Gasteiger partial charge in [0.2, 0.25) is 0 Å². The molecule has 0 bridgehead atoms. The lowest BCUT2D eigenvalue weighted by molar-refractivity contribution is 0.102. The monoisotopic (exact) mass is 467 g/mol. The Kier molecular flexibility index (Phi) is 5.84. The first-order valence-corrected chi connectivity index (χ1v) is 11.3. The van der Waals surface area contributed by atoms with Crippen LogP contribution in [0.5, 0.6) is 0 Å². The van der Waals surface area contributed by atoms with E-state index in [4.69, 9.17) is 0 Å². The molecule has 0 atom stereocenters. The standard InChI is InChI=1S/C25H21N7OS/c1-15-3-6-18(7-4-15)28-23-14-24(27-16(2)26-23)29-19-8-10-20(11-9-19)30-25(33)17-5-12-21-22(13-17)32-34-31-21/h3-14H,1-2H3,(H,30,33)(H2,26,27,28,29). The van der Waals surface area contributed by atoms with Crippen molar-refractivity contribution in [2.75, 3.05) is 16.0 Å². The van der Waals surface area contributed by atoms with Gasteiger partial charge in [0, 0.05) is 28.7 Å². The van der Waals surface area contributed by atoms with Crippen molar-refractivity contribution in [1.29, 1.82) is 0 Å². The number of amides is 1. The molecule has 0 fully saturated rings. The highest BCUT2D eigenvalue weighted by molar-refractivity contribution is 7.00. The minimum absolute atomic E-state index is 0.200. The molecule has 3 N–H and O–H groups in total. The van der Waals surface area contributed by atoms with Gasteiger partial charge < -0.3 is 16.0 Å². The van der Waals surface area contributed by atoms with E-state index >= 15 is 0 Å². The Bertz CT molecular complexity index is 1460. The Balaban J connectivity index is 1.26. The van der Waals surface area contributed by atoms with Crippen LogP contribution < -0.4 is 16.0 Å². The first-order chi connectivity index (χ1) is 16.5. The molecule has 34 heavy (non-hydrogen) atoms. The van der Waals surface area contributed by atoms with Crippen molar-refractivity contribution >= 4 is 57.4 Å². The van der Waals surface area contributed by atoms with Crippen molar-refractivity contribution in [1.82, 2.24) is 18.7 Å². The van der Waals surface area contributed by atoms with Crippen LogP contribution in [0.4, 0.5) is 28.7 Å². The number of aromatic nitrogens is 4. The highest BCUT2D eigenvalue weighted by atomic mass is 32.1. The zero-order valence-corrected chi connectivity index (χ0v) is 19.4. The van der Waals surface area contributed by atoms with Gasteiger partial charge in [-0.1, -0.05) is 17.7 Å². The van der Waals surface area contributed by atoms with Gasteiger partial charge in [0.05, 0.1) is 11.7 Å². The zero-order valence-electron chi connectivity index (χ0n) is 18.5. The van der Waals surface area contributed by atoms with E-state index in [2.05, 4.69) is 41.6 Å². The second kappa shape index (κ2) is 9.24. The van der Waals surface area contributed by atoms with Crippen LogP contribution in [0.2, 0.25) is 0 Å². The number of fused-ring (bicyclic) bond motifs is 1. The number of nitrogens with one attached hydrogen (secondary N) is 3. The molecule has 2 heterocycles. The molecule has 1 amide bonds. The highest BCUT2D eigenvalue weighted by Crippen LogP contribution is 2.22. The van der Waals surface area contributed by atoms with E-state index < -0.39 is 0 Å². The lowest BCUT2D eigenvalue weighted by Gasteiger charge is -2.11. The van der Waals surface area contributed by atoms with Crippen molar-refractivity contribution in [3.63, 3.8) is 0 Å². The van der Waals surface area contributed by atoms with Gasteiger partial charge in [-0.25, -0.2) is 9.97 Å². The van der Waals surface area contributed by atoms with Crippen LogP contribution in [0.25, 0.3) is 11.0 Å². The van der Waals surface area contributed by atoms with Crippen LogP contribution >= 0.6 is 11.7 Å². The molecule has 3 aromatic carbocycles. The summed E-state index contributed by atoms with van der Waals surface area (Å²) in [5.41, 5.74) is 5.72. The van der Waals surface area contributed by atoms with Gasteiger partial charge in [0.1, 0.15) is 28.5 Å². The van der Waals surface area contributed by atoms with E-state index in [0.29, 0.717) is 34.2 Å². The molecule has 9 heteroatoms. The Morgan fingerprint density at radius 3 is 1.97 bits per heavy atom. The highest BCUT2D eigenvalue weighted by Gasteiger charge is 2.09. The molecule has 0 aliphatic carbocycles. The van der Waals surface area contributed by atoms with E-state index in [1.807, 2.05) is 61.5 Å². The number of carbonyl (C=O) groups is 1. The molecule has 5 rings (SSSR count). The fourth-order valence-electron chi connectivity index (χ4n) is 3.39. The van der Waals surface area contributed by atoms with Crippen LogP contribution in [0.15, 0.2) is 72.8 Å². The SMILES string of the molecule is Cc1ccc(Nc2cc(Nc3ccc(NC(=O)c4ccc5nsnc5c4)cc3)nc(C)n2)cc1. The second-order valence-electron chi connectivity index (χ2n) is 7.80. The molecule has 2 aromatic heterocycles. The van der Waals surface area contributed by atoms with Gasteiger partial charge in [-0.15, -0.1) is 0 Å². The summed E-state index contributed by atoms with van der Waals surface area (Å²) in [5, 5.41) is 9.51. The lowest BCUT2D eigenvalue weighted by Crippen LogP contribution is -2.11. The van der Waals surface area contributed by atoms with Gasteiger partial charge in [0.25, 0.3) is 5.91 Å². The summed E-state index contributed by atoms with van der Waals surface area (Å²) in [6.45, 7) is 3.90. The smallest absolute Gasteiger partial charge is 0.255 e. The van der Waals surface area contributed by atoms with Gasteiger partial charge in [-0.05, 0) is 68.4 Å².